The highest BCUT2D eigenvalue weighted by Gasteiger charge is 2.26. The number of allylic oxidation sites excluding steroid dienone is 3. The zero-order valence-corrected chi connectivity index (χ0v) is 18.9. The molecule has 2 N–H and O–H groups in total. The van der Waals surface area contributed by atoms with E-state index >= 15 is 0 Å². The number of nitrogens with one attached hydrogen (secondary N) is 2. The summed E-state index contributed by atoms with van der Waals surface area (Å²) in [5.41, 5.74) is 1.16. The lowest BCUT2D eigenvalue weighted by molar-refractivity contribution is -0.122. The summed E-state index contributed by atoms with van der Waals surface area (Å²) in [5.74, 6) is -0.138. The summed E-state index contributed by atoms with van der Waals surface area (Å²) in [4.78, 5) is 31.0. The molecule has 1 aliphatic heterocycles. The van der Waals surface area contributed by atoms with Crippen molar-refractivity contribution in [3.8, 4) is 5.75 Å². The van der Waals surface area contributed by atoms with Gasteiger partial charge in [0, 0.05) is 30.1 Å². The molecule has 1 saturated heterocycles. The van der Waals surface area contributed by atoms with Gasteiger partial charge in [0.05, 0.1) is 24.6 Å². The van der Waals surface area contributed by atoms with Crippen molar-refractivity contribution in [2.45, 2.75) is 46.2 Å². The standard InChI is InChI=1S/C24H31FN4O3/c1-4-10-32-21-11-16(24(31)29-9-5-6-17(25)14-29)13-27-23(21)28-18-7-8-19(20(26)12-18)22(30)15(2)3/h7-8,11-13,15,17,19,26H,4-6,9-10,14H2,1-3H3,(H,27,28)/t17-,19?/m0/s1. The van der Waals surface area contributed by atoms with Gasteiger partial charge in [0.15, 0.2) is 11.6 Å². The first kappa shape index (κ1) is 23.6. The van der Waals surface area contributed by atoms with E-state index in [0.717, 1.165) is 6.42 Å². The molecule has 2 heterocycles. The molecule has 32 heavy (non-hydrogen) atoms. The van der Waals surface area contributed by atoms with Crippen LogP contribution in [-0.2, 0) is 4.79 Å². The predicted octanol–water partition coefficient (Wildman–Crippen LogP) is 4.17. The molecule has 2 atom stereocenters. The fourth-order valence-corrected chi connectivity index (χ4v) is 3.70. The fraction of sp³-hybridized carbons (Fsp3) is 0.500. The van der Waals surface area contributed by atoms with E-state index in [1.54, 1.807) is 24.3 Å². The third-order valence-corrected chi connectivity index (χ3v) is 5.47. The molecule has 0 bridgehead atoms. The van der Waals surface area contributed by atoms with Crippen LogP contribution in [0.5, 0.6) is 5.75 Å². The second-order valence-electron chi connectivity index (χ2n) is 8.48. The number of carbonyl (C=O) groups is 2. The van der Waals surface area contributed by atoms with Crippen LogP contribution in [0.2, 0.25) is 0 Å². The summed E-state index contributed by atoms with van der Waals surface area (Å²) >= 11 is 0. The number of anilines is 1. The monoisotopic (exact) mass is 442 g/mol. The van der Waals surface area contributed by atoms with Crippen LogP contribution in [0.25, 0.3) is 0 Å². The van der Waals surface area contributed by atoms with E-state index in [-0.39, 0.29) is 29.9 Å². The molecule has 0 radical (unpaired) electrons. The maximum atomic E-state index is 13.7. The number of likely N-dealkylation sites (tertiary alicyclic amines) is 1. The Kier molecular flexibility index (Phi) is 7.77. The number of hydrogen-bond donors (Lipinski definition) is 2. The number of hydrogen-bond acceptors (Lipinski definition) is 6. The Labute approximate surface area is 188 Å². The van der Waals surface area contributed by atoms with Crippen LogP contribution in [0.1, 0.15) is 50.4 Å². The van der Waals surface area contributed by atoms with Gasteiger partial charge in [-0.2, -0.15) is 0 Å². The highest BCUT2D eigenvalue weighted by molar-refractivity contribution is 6.12. The quantitative estimate of drug-likeness (QED) is 0.630. The molecule has 0 aromatic carbocycles. The number of Topliss-reactive ketones (excluding diaryl/α,β-unsaturated/α-hetero) is 1. The van der Waals surface area contributed by atoms with E-state index in [2.05, 4.69) is 10.3 Å². The Hall–Kier alpha value is -3.03. The van der Waals surface area contributed by atoms with E-state index in [0.29, 0.717) is 48.8 Å². The Morgan fingerprint density at radius 2 is 2.19 bits per heavy atom. The average Bonchev–Trinajstić information content (AvgIpc) is 2.77. The number of halogens is 1. The summed E-state index contributed by atoms with van der Waals surface area (Å²) in [6.45, 7) is 6.69. The first-order valence-electron chi connectivity index (χ1n) is 11.2. The summed E-state index contributed by atoms with van der Waals surface area (Å²) in [5, 5.41) is 11.4. The number of alkyl halides is 1. The van der Waals surface area contributed by atoms with Crippen LogP contribution in [0.4, 0.5) is 10.2 Å². The smallest absolute Gasteiger partial charge is 0.255 e. The number of aromatic nitrogens is 1. The lowest BCUT2D eigenvalue weighted by atomic mass is 9.88. The van der Waals surface area contributed by atoms with Crippen molar-refractivity contribution in [3.05, 3.63) is 41.8 Å². The molecular formula is C24H31FN4O3. The van der Waals surface area contributed by atoms with Crippen molar-refractivity contribution < 1.29 is 18.7 Å². The minimum Gasteiger partial charge on any atom is -0.490 e. The predicted molar refractivity (Wildman–Crippen MR) is 122 cm³/mol. The molecule has 8 heteroatoms. The molecule has 7 nitrogen and oxygen atoms in total. The molecule has 1 unspecified atom stereocenters. The summed E-state index contributed by atoms with van der Waals surface area (Å²) in [6.07, 6.45) is 7.43. The van der Waals surface area contributed by atoms with Gasteiger partial charge in [-0.15, -0.1) is 0 Å². The molecule has 172 valence electrons. The maximum absolute atomic E-state index is 13.7. The minimum absolute atomic E-state index is 0.00254. The Balaban J connectivity index is 1.78. The normalized spacial score (nSPS) is 20.8. The zero-order chi connectivity index (χ0) is 23.3. The number of piperidine rings is 1. The molecular weight excluding hydrogens is 411 g/mol. The molecule has 1 aliphatic carbocycles. The minimum atomic E-state index is -0.996. The van der Waals surface area contributed by atoms with Gasteiger partial charge in [-0.1, -0.05) is 26.8 Å². The van der Waals surface area contributed by atoms with Crippen LogP contribution in [0, 0.1) is 17.2 Å². The van der Waals surface area contributed by atoms with Crippen LogP contribution >= 0.6 is 0 Å². The van der Waals surface area contributed by atoms with Gasteiger partial charge in [-0.25, -0.2) is 9.37 Å². The van der Waals surface area contributed by atoms with E-state index in [9.17, 15) is 14.0 Å². The lowest BCUT2D eigenvalue weighted by Gasteiger charge is -2.29. The van der Waals surface area contributed by atoms with Gasteiger partial charge in [-0.3, -0.25) is 9.59 Å². The van der Waals surface area contributed by atoms with E-state index < -0.39 is 12.1 Å². The van der Waals surface area contributed by atoms with E-state index in [1.165, 1.54) is 11.1 Å². The third-order valence-electron chi connectivity index (χ3n) is 5.47. The molecule has 3 rings (SSSR count). The van der Waals surface area contributed by atoms with Crippen molar-refractivity contribution in [2.24, 2.45) is 11.8 Å². The van der Waals surface area contributed by atoms with Crippen molar-refractivity contribution in [3.63, 3.8) is 0 Å². The van der Waals surface area contributed by atoms with Gasteiger partial charge < -0.3 is 20.4 Å². The largest absolute Gasteiger partial charge is 0.490 e. The number of amides is 1. The first-order chi connectivity index (χ1) is 15.3. The average molecular weight is 443 g/mol. The second-order valence-corrected chi connectivity index (χ2v) is 8.48. The van der Waals surface area contributed by atoms with Crippen molar-refractivity contribution >= 4 is 23.2 Å². The molecule has 1 aromatic heterocycles. The van der Waals surface area contributed by atoms with Crippen molar-refractivity contribution in [1.29, 1.82) is 5.41 Å². The third kappa shape index (κ3) is 5.60. The molecule has 0 saturated carbocycles. The second kappa shape index (κ2) is 10.5. The van der Waals surface area contributed by atoms with E-state index in [4.69, 9.17) is 10.1 Å². The number of rotatable bonds is 8. The SMILES string of the molecule is CCCOc1cc(C(=O)N2CCC[C@H](F)C2)cnc1NC1=CC(=N)C(C(=O)C(C)C)C=C1. The van der Waals surface area contributed by atoms with Crippen LogP contribution in [-0.4, -0.2) is 53.2 Å². The lowest BCUT2D eigenvalue weighted by Crippen LogP contribution is -2.40. The molecule has 1 aromatic rings. The van der Waals surface area contributed by atoms with Gasteiger partial charge in [0.1, 0.15) is 12.0 Å². The highest BCUT2D eigenvalue weighted by atomic mass is 19.1. The summed E-state index contributed by atoms with van der Waals surface area (Å²) in [7, 11) is 0. The van der Waals surface area contributed by atoms with Crippen LogP contribution in [0.3, 0.4) is 0 Å². The van der Waals surface area contributed by atoms with Gasteiger partial charge >= 0.3 is 0 Å². The molecule has 1 amide bonds. The Morgan fingerprint density at radius 1 is 1.41 bits per heavy atom. The van der Waals surface area contributed by atoms with Crippen molar-refractivity contribution in [1.82, 2.24) is 9.88 Å². The molecule has 2 aliphatic rings. The number of pyridine rings is 1. The molecule has 1 fully saturated rings. The van der Waals surface area contributed by atoms with Crippen molar-refractivity contribution in [2.75, 3.05) is 25.0 Å². The van der Waals surface area contributed by atoms with Crippen LogP contribution in [0.15, 0.2) is 36.2 Å². The van der Waals surface area contributed by atoms with E-state index in [1.807, 2.05) is 20.8 Å². The topological polar surface area (TPSA) is 95.4 Å². The first-order valence-corrected chi connectivity index (χ1v) is 11.2. The summed E-state index contributed by atoms with van der Waals surface area (Å²) in [6, 6.07) is 1.62. The van der Waals surface area contributed by atoms with Gasteiger partial charge in [0.25, 0.3) is 5.91 Å². The van der Waals surface area contributed by atoms with Crippen LogP contribution < -0.4 is 10.1 Å². The Morgan fingerprint density at radius 3 is 2.84 bits per heavy atom. The zero-order valence-electron chi connectivity index (χ0n) is 18.9. The number of nitrogens with zero attached hydrogens (tertiary/aromatic N) is 2. The highest BCUT2D eigenvalue weighted by Crippen LogP contribution is 2.28. The maximum Gasteiger partial charge on any atom is 0.255 e. The van der Waals surface area contributed by atoms with Gasteiger partial charge in [0.2, 0.25) is 0 Å². The number of ether oxygens (including phenoxy) is 1. The van der Waals surface area contributed by atoms with Gasteiger partial charge in [-0.05, 0) is 37.5 Å². The molecule has 0 spiro atoms. The fourth-order valence-electron chi connectivity index (χ4n) is 3.70. The summed E-state index contributed by atoms with van der Waals surface area (Å²) < 4.78 is 19.6. The number of ketones is 1. The Bertz CT molecular complexity index is 941. The number of carbonyl (C=O) groups excluding carboxylic acids is 2.